The lowest BCUT2D eigenvalue weighted by Crippen LogP contribution is -2.08. The molecule has 0 aliphatic rings. The number of aromatic nitrogens is 1. The van der Waals surface area contributed by atoms with Crippen LogP contribution in [0.15, 0.2) is 47.0 Å². The van der Waals surface area contributed by atoms with E-state index >= 15 is 0 Å². The molecule has 7 nitrogen and oxygen atoms in total. The van der Waals surface area contributed by atoms with Crippen LogP contribution in [0, 0.1) is 13.8 Å². The van der Waals surface area contributed by atoms with Crippen molar-refractivity contribution in [3.63, 3.8) is 0 Å². The first-order valence-corrected chi connectivity index (χ1v) is 10.1. The van der Waals surface area contributed by atoms with Crippen LogP contribution in [0.4, 0.5) is 14.5 Å². The number of carbonyl (C=O) groups is 1. The minimum atomic E-state index is -2.99. The Morgan fingerprint density at radius 2 is 1.94 bits per heavy atom. The molecular formula is C23H21ClF2N2O5. The van der Waals surface area contributed by atoms with Crippen molar-refractivity contribution in [3.05, 3.63) is 70.1 Å². The summed E-state index contributed by atoms with van der Waals surface area (Å²) in [5.74, 6) is 1.09. The standard InChI is InChI=1S/C23H21ClF2N2O5/c1-13-17(14(2)33-28-13)12-31-20-7-4-15(10-21(20)30-3)5-9-22(29)27-16-6-8-19(18(24)11-16)32-23(25)26/h4-11,23H,12H2,1-3H3,(H,27,29)/b9-5+. The molecule has 0 atom stereocenters. The van der Waals surface area contributed by atoms with Gasteiger partial charge in [0.25, 0.3) is 0 Å². The summed E-state index contributed by atoms with van der Waals surface area (Å²) in [6.45, 7) is 0.938. The number of hydrogen-bond donors (Lipinski definition) is 1. The predicted molar refractivity (Wildman–Crippen MR) is 119 cm³/mol. The first-order chi connectivity index (χ1) is 15.8. The number of carbonyl (C=O) groups excluding carboxylic acids is 1. The highest BCUT2D eigenvalue weighted by atomic mass is 35.5. The average molecular weight is 479 g/mol. The molecule has 0 saturated heterocycles. The Bertz CT molecular complexity index is 1140. The third-order valence-corrected chi connectivity index (χ3v) is 4.88. The van der Waals surface area contributed by atoms with Crippen molar-refractivity contribution in [1.82, 2.24) is 5.16 Å². The molecule has 1 amide bonds. The molecule has 0 saturated carbocycles. The van der Waals surface area contributed by atoms with E-state index < -0.39 is 12.5 Å². The van der Waals surface area contributed by atoms with Crippen LogP contribution < -0.4 is 19.5 Å². The summed E-state index contributed by atoms with van der Waals surface area (Å²) in [6, 6.07) is 9.20. The van der Waals surface area contributed by atoms with Gasteiger partial charge >= 0.3 is 6.61 Å². The Kier molecular flexibility index (Phi) is 7.89. The fourth-order valence-corrected chi connectivity index (χ4v) is 3.12. The summed E-state index contributed by atoms with van der Waals surface area (Å²) in [5, 5.41) is 6.45. The van der Waals surface area contributed by atoms with Crippen LogP contribution in [0.2, 0.25) is 5.02 Å². The van der Waals surface area contributed by atoms with Gasteiger partial charge in [-0.3, -0.25) is 4.79 Å². The van der Waals surface area contributed by atoms with Crippen molar-refractivity contribution in [1.29, 1.82) is 0 Å². The van der Waals surface area contributed by atoms with Gasteiger partial charge in [0.1, 0.15) is 18.1 Å². The average Bonchev–Trinajstić information content (AvgIpc) is 3.10. The topological polar surface area (TPSA) is 82.8 Å². The number of anilines is 1. The molecule has 174 valence electrons. The fourth-order valence-electron chi connectivity index (χ4n) is 2.89. The zero-order valence-electron chi connectivity index (χ0n) is 18.0. The van der Waals surface area contributed by atoms with Gasteiger partial charge in [0, 0.05) is 11.8 Å². The SMILES string of the molecule is COc1cc(/C=C/C(=O)Nc2ccc(OC(F)F)c(Cl)c2)ccc1OCc1c(C)noc1C. The molecule has 33 heavy (non-hydrogen) atoms. The maximum Gasteiger partial charge on any atom is 0.387 e. The van der Waals surface area contributed by atoms with Gasteiger partial charge < -0.3 is 24.1 Å². The van der Waals surface area contributed by atoms with Gasteiger partial charge in [0.05, 0.1) is 23.4 Å². The second-order valence-electron chi connectivity index (χ2n) is 6.85. The molecule has 1 heterocycles. The zero-order valence-corrected chi connectivity index (χ0v) is 18.8. The Balaban J connectivity index is 1.63. The number of hydrogen-bond acceptors (Lipinski definition) is 6. The van der Waals surface area contributed by atoms with Crippen LogP contribution >= 0.6 is 11.6 Å². The number of amides is 1. The van der Waals surface area contributed by atoms with Gasteiger partial charge in [0.15, 0.2) is 11.5 Å². The molecule has 3 rings (SSSR count). The highest BCUT2D eigenvalue weighted by Gasteiger charge is 2.12. The normalized spacial score (nSPS) is 11.1. The van der Waals surface area contributed by atoms with Crippen LogP contribution in [0.1, 0.15) is 22.6 Å². The smallest absolute Gasteiger partial charge is 0.387 e. The molecule has 0 bridgehead atoms. The highest BCUT2D eigenvalue weighted by Crippen LogP contribution is 2.31. The number of rotatable bonds is 9. The molecule has 1 N–H and O–H groups in total. The Morgan fingerprint density at radius 1 is 1.18 bits per heavy atom. The van der Waals surface area contributed by atoms with Gasteiger partial charge in [0.2, 0.25) is 5.91 Å². The van der Waals surface area contributed by atoms with Gasteiger partial charge in [-0.05, 0) is 55.8 Å². The molecule has 0 spiro atoms. The summed E-state index contributed by atoms with van der Waals surface area (Å²) >= 11 is 5.89. The first-order valence-electron chi connectivity index (χ1n) is 9.73. The Labute approximate surface area is 193 Å². The lowest BCUT2D eigenvalue weighted by atomic mass is 10.1. The van der Waals surface area contributed by atoms with E-state index in [1.807, 2.05) is 13.8 Å². The van der Waals surface area contributed by atoms with Crippen LogP contribution in [-0.4, -0.2) is 24.8 Å². The largest absolute Gasteiger partial charge is 0.493 e. The van der Waals surface area contributed by atoms with E-state index in [4.69, 9.17) is 25.6 Å². The van der Waals surface area contributed by atoms with Crippen molar-refractivity contribution < 1.29 is 32.3 Å². The van der Waals surface area contributed by atoms with E-state index in [0.29, 0.717) is 28.5 Å². The van der Waals surface area contributed by atoms with Crippen molar-refractivity contribution in [3.8, 4) is 17.2 Å². The molecule has 0 radical (unpaired) electrons. The minimum absolute atomic E-state index is 0.0472. The van der Waals surface area contributed by atoms with E-state index in [2.05, 4.69) is 15.2 Å². The van der Waals surface area contributed by atoms with E-state index in [9.17, 15) is 13.6 Å². The third-order valence-electron chi connectivity index (χ3n) is 4.58. The Hall–Kier alpha value is -3.59. The number of nitrogens with zero attached hydrogens (tertiary/aromatic N) is 1. The summed E-state index contributed by atoms with van der Waals surface area (Å²) in [4.78, 5) is 12.2. The zero-order chi connectivity index (χ0) is 24.0. The summed E-state index contributed by atoms with van der Waals surface area (Å²) in [6.07, 6.45) is 2.91. The maximum absolute atomic E-state index is 12.3. The molecule has 10 heteroatoms. The predicted octanol–water partition coefficient (Wildman–Crippen LogP) is 5.79. The third kappa shape index (κ3) is 6.45. The molecule has 3 aromatic rings. The number of ether oxygens (including phenoxy) is 3. The number of methoxy groups -OCH3 is 1. The van der Waals surface area contributed by atoms with Crippen LogP contribution in [-0.2, 0) is 11.4 Å². The van der Waals surface area contributed by atoms with Gasteiger partial charge in [-0.1, -0.05) is 22.8 Å². The maximum atomic E-state index is 12.3. The summed E-state index contributed by atoms with van der Waals surface area (Å²) in [7, 11) is 1.52. The molecule has 0 aliphatic carbocycles. The molecule has 1 aromatic heterocycles. The molecule has 2 aromatic carbocycles. The number of halogens is 3. The fraction of sp³-hybridized carbons (Fsp3) is 0.217. The minimum Gasteiger partial charge on any atom is -0.493 e. The molecular weight excluding hydrogens is 458 g/mol. The van der Waals surface area contributed by atoms with Gasteiger partial charge in [-0.25, -0.2) is 0 Å². The summed E-state index contributed by atoms with van der Waals surface area (Å²) in [5.41, 5.74) is 2.66. The number of alkyl halides is 2. The van der Waals surface area contributed by atoms with Crippen molar-refractivity contribution in [2.75, 3.05) is 12.4 Å². The first kappa shape index (κ1) is 24.1. The molecule has 0 fully saturated rings. The van der Waals surface area contributed by atoms with Crippen LogP contribution in [0.25, 0.3) is 6.08 Å². The number of benzene rings is 2. The highest BCUT2D eigenvalue weighted by molar-refractivity contribution is 6.32. The lowest BCUT2D eigenvalue weighted by molar-refractivity contribution is -0.111. The monoisotopic (exact) mass is 478 g/mol. The van der Waals surface area contributed by atoms with Gasteiger partial charge in [-0.15, -0.1) is 0 Å². The van der Waals surface area contributed by atoms with Crippen molar-refractivity contribution in [2.45, 2.75) is 27.1 Å². The second-order valence-corrected chi connectivity index (χ2v) is 7.26. The molecule has 0 aliphatic heterocycles. The van der Waals surface area contributed by atoms with E-state index in [0.717, 1.165) is 11.3 Å². The quantitative estimate of drug-likeness (QED) is 0.392. The molecule has 0 unspecified atom stereocenters. The second kappa shape index (κ2) is 10.8. The van der Waals surface area contributed by atoms with E-state index in [1.165, 1.54) is 31.4 Å². The Morgan fingerprint density at radius 3 is 2.58 bits per heavy atom. The number of aryl methyl sites for hydroxylation is 2. The van der Waals surface area contributed by atoms with Gasteiger partial charge in [-0.2, -0.15) is 8.78 Å². The van der Waals surface area contributed by atoms with E-state index in [1.54, 1.807) is 24.3 Å². The van der Waals surface area contributed by atoms with Crippen LogP contribution in [0.3, 0.4) is 0 Å². The number of nitrogens with one attached hydrogen (secondary N) is 1. The summed E-state index contributed by atoms with van der Waals surface area (Å²) < 4.78 is 45.3. The van der Waals surface area contributed by atoms with Crippen molar-refractivity contribution >= 4 is 29.3 Å². The lowest BCUT2D eigenvalue weighted by Gasteiger charge is -2.11. The van der Waals surface area contributed by atoms with Crippen molar-refractivity contribution in [2.24, 2.45) is 0 Å². The van der Waals surface area contributed by atoms with Crippen LogP contribution in [0.5, 0.6) is 17.2 Å². The van der Waals surface area contributed by atoms with E-state index in [-0.39, 0.29) is 17.4 Å².